The van der Waals surface area contributed by atoms with Crippen LogP contribution in [0.4, 0.5) is 0 Å². The average Bonchev–Trinajstić information content (AvgIpc) is 2.29. The van der Waals surface area contributed by atoms with Crippen LogP contribution in [0.2, 0.25) is 0 Å². The van der Waals surface area contributed by atoms with Gasteiger partial charge in [0.1, 0.15) is 0 Å². The maximum atomic E-state index is 10.8. The van der Waals surface area contributed by atoms with Gasteiger partial charge in [0.15, 0.2) is 0 Å². The van der Waals surface area contributed by atoms with Gasteiger partial charge in [0.25, 0.3) is 11.8 Å². The van der Waals surface area contributed by atoms with Crippen LogP contribution < -0.4 is 0 Å². The maximum absolute atomic E-state index is 10.8. The molecule has 0 aromatic carbocycles. The van der Waals surface area contributed by atoms with Crippen LogP contribution in [0.1, 0.15) is 12.8 Å². The Morgan fingerprint density at radius 2 is 1.91 bits per heavy atom. The number of amides is 2. The van der Waals surface area contributed by atoms with Crippen molar-refractivity contribution in [3.05, 3.63) is 0 Å². The molecule has 1 rings (SSSR count). The average molecular weight is 159 g/mol. The monoisotopic (exact) mass is 159 g/mol. The first-order valence-electron chi connectivity index (χ1n) is 3.35. The Hall–Kier alpha value is -0.940. The van der Waals surface area contributed by atoms with Crippen molar-refractivity contribution in [3.63, 3.8) is 0 Å². The van der Waals surface area contributed by atoms with E-state index in [1.54, 1.807) is 0 Å². The highest BCUT2D eigenvalue weighted by atomic mass is 16.7. The minimum absolute atomic E-state index is 0.0164. The first kappa shape index (κ1) is 8.16. The van der Waals surface area contributed by atoms with Gasteiger partial charge < -0.3 is 5.11 Å². The minimum Gasteiger partial charge on any atom is -0.394 e. The van der Waals surface area contributed by atoms with Crippen molar-refractivity contribution in [2.45, 2.75) is 12.8 Å². The zero-order valence-electron chi connectivity index (χ0n) is 5.95. The number of hydroxylamine groups is 2. The molecule has 1 saturated heterocycles. The smallest absolute Gasteiger partial charge is 0.253 e. The summed E-state index contributed by atoms with van der Waals surface area (Å²) in [6, 6.07) is 0. The van der Waals surface area contributed by atoms with Crippen molar-refractivity contribution in [3.8, 4) is 0 Å². The highest BCUT2D eigenvalue weighted by Gasteiger charge is 2.29. The van der Waals surface area contributed by atoms with Gasteiger partial charge in [0, 0.05) is 12.8 Å². The predicted molar refractivity (Wildman–Crippen MR) is 34.1 cm³/mol. The second-order valence-corrected chi connectivity index (χ2v) is 2.14. The highest BCUT2D eigenvalue weighted by Crippen LogP contribution is 2.11. The van der Waals surface area contributed by atoms with E-state index in [9.17, 15) is 9.59 Å². The van der Waals surface area contributed by atoms with Crippen molar-refractivity contribution < 1.29 is 19.5 Å². The zero-order chi connectivity index (χ0) is 8.27. The van der Waals surface area contributed by atoms with E-state index < -0.39 is 0 Å². The molecule has 1 N–H and O–H groups in total. The maximum Gasteiger partial charge on any atom is 0.253 e. The van der Waals surface area contributed by atoms with Gasteiger partial charge >= 0.3 is 0 Å². The van der Waals surface area contributed by atoms with Gasteiger partial charge in [-0.2, -0.15) is 5.06 Å². The third kappa shape index (κ3) is 1.75. The third-order valence-electron chi connectivity index (χ3n) is 1.32. The molecule has 0 aromatic rings. The lowest BCUT2D eigenvalue weighted by molar-refractivity contribution is -0.189. The summed E-state index contributed by atoms with van der Waals surface area (Å²) in [5.74, 6) is -0.660. The van der Waals surface area contributed by atoms with Gasteiger partial charge in [-0.15, -0.1) is 0 Å². The summed E-state index contributed by atoms with van der Waals surface area (Å²) in [6.45, 7) is -0.214. The van der Waals surface area contributed by atoms with Crippen LogP contribution in [-0.2, 0) is 14.4 Å². The number of rotatable bonds is 3. The Kier molecular flexibility index (Phi) is 2.56. The summed E-state index contributed by atoms with van der Waals surface area (Å²) < 4.78 is 0. The molecule has 1 aliphatic heterocycles. The van der Waals surface area contributed by atoms with Gasteiger partial charge in [0.05, 0.1) is 13.2 Å². The van der Waals surface area contributed by atoms with Gasteiger partial charge in [-0.1, -0.05) is 0 Å². The van der Waals surface area contributed by atoms with E-state index in [1.807, 2.05) is 0 Å². The molecule has 0 radical (unpaired) electrons. The van der Waals surface area contributed by atoms with Gasteiger partial charge in [-0.05, 0) is 0 Å². The lowest BCUT2D eigenvalue weighted by atomic mass is 10.4. The van der Waals surface area contributed by atoms with Crippen LogP contribution >= 0.6 is 0 Å². The normalized spacial score (nSPS) is 18.1. The molecule has 0 aromatic heterocycles. The summed E-state index contributed by atoms with van der Waals surface area (Å²) in [6.07, 6.45) is 0.425. The number of imide groups is 1. The molecule has 1 fully saturated rings. The number of aliphatic hydroxyl groups excluding tert-OH is 1. The molecule has 0 bridgehead atoms. The van der Waals surface area contributed by atoms with E-state index in [0.717, 1.165) is 5.06 Å². The summed E-state index contributed by atoms with van der Waals surface area (Å²) in [7, 11) is 0. The number of hydrogen-bond acceptors (Lipinski definition) is 4. The van der Waals surface area contributed by atoms with Crippen molar-refractivity contribution in [2.75, 3.05) is 13.2 Å². The molecule has 0 unspecified atom stereocenters. The number of carbonyl (C=O) groups is 2. The van der Waals surface area contributed by atoms with Gasteiger partial charge in [-0.3, -0.25) is 14.4 Å². The van der Waals surface area contributed by atoms with Crippen LogP contribution in [0.3, 0.4) is 0 Å². The van der Waals surface area contributed by atoms with Crippen molar-refractivity contribution in [1.29, 1.82) is 0 Å². The number of aliphatic hydroxyl groups is 1. The quantitative estimate of drug-likeness (QED) is 0.539. The molecule has 0 spiro atoms. The fraction of sp³-hybridized carbons (Fsp3) is 0.667. The SMILES string of the molecule is O=C1CCC(=O)N1OCCO. The van der Waals surface area contributed by atoms with Crippen LogP contribution in [-0.4, -0.2) is 35.2 Å². The van der Waals surface area contributed by atoms with Crippen LogP contribution in [0.15, 0.2) is 0 Å². The first-order valence-corrected chi connectivity index (χ1v) is 3.35. The lowest BCUT2D eigenvalue weighted by Gasteiger charge is -2.11. The standard InChI is InChI=1S/C6H9NO4/c8-3-4-11-7-5(9)1-2-6(7)10/h8H,1-4H2. The topological polar surface area (TPSA) is 66.8 Å². The number of carbonyl (C=O) groups excluding carboxylic acids is 2. The largest absolute Gasteiger partial charge is 0.394 e. The van der Waals surface area contributed by atoms with Crippen LogP contribution in [0, 0.1) is 0 Å². The number of nitrogens with zero attached hydrogens (tertiary/aromatic N) is 1. The molecule has 0 atom stereocenters. The Balaban J connectivity index is 2.41. The van der Waals surface area contributed by atoms with Gasteiger partial charge in [0.2, 0.25) is 0 Å². The molecule has 11 heavy (non-hydrogen) atoms. The van der Waals surface area contributed by atoms with E-state index in [2.05, 4.69) is 4.84 Å². The van der Waals surface area contributed by atoms with E-state index in [4.69, 9.17) is 5.11 Å². The Morgan fingerprint density at radius 3 is 2.36 bits per heavy atom. The molecule has 0 saturated carbocycles. The fourth-order valence-electron chi connectivity index (χ4n) is 0.832. The van der Waals surface area contributed by atoms with Crippen molar-refractivity contribution in [2.24, 2.45) is 0 Å². The van der Waals surface area contributed by atoms with Crippen molar-refractivity contribution in [1.82, 2.24) is 5.06 Å². The molecular formula is C6H9NO4. The van der Waals surface area contributed by atoms with E-state index >= 15 is 0 Å². The van der Waals surface area contributed by atoms with E-state index in [0.29, 0.717) is 0 Å². The predicted octanol–water partition coefficient (Wildman–Crippen LogP) is -0.941. The molecule has 5 nitrogen and oxygen atoms in total. The molecular weight excluding hydrogens is 150 g/mol. The van der Waals surface area contributed by atoms with Gasteiger partial charge in [-0.25, -0.2) is 0 Å². The molecule has 2 amide bonds. The Bertz CT molecular complexity index is 163. The number of hydrogen-bond donors (Lipinski definition) is 1. The summed E-state index contributed by atoms with van der Waals surface area (Å²) in [5, 5.41) is 9.04. The Labute approximate surface area is 63.5 Å². The lowest BCUT2D eigenvalue weighted by Crippen LogP contribution is -2.30. The Morgan fingerprint density at radius 1 is 1.36 bits per heavy atom. The third-order valence-corrected chi connectivity index (χ3v) is 1.32. The second kappa shape index (κ2) is 3.45. The second-order valence-electron chi connectivity index (χ2n) is 2.14. The highest BCUT2D eigenvalue weighted by molar-refractivity contribution is 6.00. The summed E-state index contributed by atoms with van der Waals surface area (Å²) in [5.41, 5.74) is 0. The van der Waals surface area contributed by atoms with E-state index in [1.165, 1.54) is 0 Å². The summed E-state index contributed by atoms with van der Waals surface area (Å²) in [4.78, 5) is 26.2. The summed E-state index contributed by atoms with van der Waals surface area (Å²) >= 11 is 0. The fourth-order valence-corrected chi connectivity index (χ4v) is 0.832. The van der Waals surface area contributed by atoms with E-state index in [-0.39, 0.29) is 37.9 Å². The van der Waals surface area contributed by atoms with Crippen LogP contribution in [0.25, 0.3) is 0 Å². The molecule has 5 heteroatoms. The molecule has 1 aliphatic rings. The zero-order valence-corrected chi connectivity index (χ0v) is 5.95. The van der Waals surface area contributed by atoms with Crippen LogP contribution in [0.5, 0.6) is 0 Å². The molecule has 0 aliphatic carbocycles. The van der Waals surface area contributed by atoms with Crippen molar-refractivity contribution >= 4 is 11.8 Å². The molecule has 1 heterocycles. The molecule has 62 valence electrons. The first-order chi connectivity index (χ1) is 5.25. The minimum atomic E-state index is -0.330.